The number of hydrogen-bond donors (Lipinski definition) is 7. The van der Waals surface area contributed by atoms with Crippen LogP contribution in [0.15, 0.2) is 30.3 Å². The van der Waals surface area contributed by atoms with E-state index in [1.54, 1.807) is 24.3 Å². The summed E-state index contributed by atoms with van der Waals surface area (Å²) in [5, 5.41) is 70.8. The van der Waals surface area contributed by atoms with Gasteiger partial charge in [0, 0.05) is 19.1 Å². The van der Waals surface area contributed by atoms with E-state index >= 15 is 0 Å². The van der Waals surface area contributed by atoms with Crippen LogP contribution in [0.3, 0.4) is 0 Å². The first kappa shape index (κ1) is 27.4. The number of fused-ring (bicyclic) bond motifs is 1. The zero-order valence-corrected chi connectivity index (χ0v) is 20.6. The number of hydrogen-bond acceptors (Lipinski definition) is 11. The molecule has 0 saturated carbocycles. The molecular weight excluding hydrogens is 488 g/mol. The molecule has 0 spiro atoms. The number of rotatable bonds is 8. The van der Waals surface area contributed by atoms with Gasteiger partial charge in [0.15, 0.2) is 23.0 Å². The molecule has 0 aromatic heterocycles. The monoisotopic (exact) mass is 522 g/mol. The molecule has 2 aromatic rings. The van der Waals surface area contributed by atoms with Crippen molar-refractivity contribution in [1.82, 2.24) is 0 Å². The van der Waals surface area contributed by atoms with E-state index in [0.717, 1.165) is 16.7 Å². The maximum atomic E-state index is 10.5. The summed E-state index contributed by atoms with van der Waals surface area (Å²) in [7, 11) is 2.87. The Bertz CT molecular complexity index is 1070. The number of aliphatic hydroxyl groups is 6. The van der Waals surface area contributed by atoms with Crippen molar-refractivity contribution >= 4 is 0 Å². The van der Waals surface area contributed by atoms with Crippen LogP contribution < -0.4 is 14.2 Å². The Morgan fingerprint density at radius 2 is 1.57 bits per heavy atom. The first-order valence-corrected chi connectivity index (χ1v) is 12.0. The Kier molecular flexibility index (Phi) is 8.44. The molecule has 1 saturated heterocycles. The summed E-state index contributed by atoms with van der Waals surface area (Å²) in [4.78, 5) is 0. The minimum atomic E-state index is -1.61. The van der Waals surface area contributed by atoms with Gasteiger partial charge in [-0.05, 0) is 59.2 Å². The van der Waals surface area contributed by atoms with Crippen LogP contribution in [0, 0.1) is 11.8 Å². The second kappa shape index (κ2) is 11.4. The smallest absolute Gasteiger partial charge is 0.229 e. The van der Waals surface area contributed by atoms with Crippen LogP contribution in [0.25, 0.3) is 0 Å². The van der Waals surface area contributed by atoms with Gasteiger partial charge in [-0.25, -0.2) is 0 Å². The molecule has 8 atom stereocenters. The van der Waals surface area contributed by atoms with Crippen molar-refractivity contribution in [2.45, 2.75) is 43.0 Å². The highest BCUT2D eigenvalue weighted by molar-refractivity contribution is 5.54. The van der Waals surface area contributed by atoms with E-state index < -0.39 is 43.2 Å². The van der Waals surface area contributed by atoms with Gasteiger partial charge in [0.05, 0.1) is 20.8 Å². The van der Waals surface area contributed by atoms with Crippen molar-refractivity contribution in [1.29, 1.82) is 0 Å². The highest BCUT2D eigenvalue weighted by Crippen LogP contribution is 2.48. The standard InChI is InChI=1S/C26H34O11/c1-34-18-6-12(3-4-17(18)30)22-15-8-20(36-26-25(33)24(32)23(31)21(11-29)37-26)19(35-2)7-13(15)5-14(9-27)16(22)10-28/h3-4,6-8,14,16,21-33H,5,9-11H2,1-2H3/t14-,16-,21+,22-,23+,24-,25+,26+/m0/s1. The third kappa shape index (κ3) is 5.08. The maximum Gasteiger partial charge on any atom is 0.229 e. The zero-order chi connectivity index (χ0) is 26.9. The summed E-state index contributed by atoms with van der Waals surface area (Å²) >= 11 is 0. The minimum absolute atomic E-state index is 0.0390. The van der Waals surface area contributed by atoms with Gasteiger partial charge < -0.3 is 54.7 Å². The number of phenolic OH excluding ortho intramolecular Hbond substituents is 1. The maximum absolute atomic E-state index is 10.5. The van der Waals surface area contributed by atoms with Gasteiger partial charge in [-0.2, -0.15) is 0 Å². The van der Waals surface area contributed by atoms with E-state index in [-0.39, 0.29) is 42.3 Å². The van der Waals surface area contributed by atoms with Crippen LogP contribution in [-0.2, 0) is 11.2 Å². The lowest BCUT2D eigenvalue weighted by molar-refractivity contribution is -0.277. The first-order valence-electron chi connectivity index (χ1n) is 12.0. The molecule has 1 heterocycles. The average Bonchev–Trinajstić information content (AvgIpc) is 2.92. The van der Waals surface area contributed by atoms with Gasteiger partial charge in [-0.1, -0.05) is 6.07 Å². The van der Waals surface area contributed by atoms with E-state index in [9.17, 15) is 35.7 Å². The highest BCUT2D eigenvalue weighted by atomic mass is 16.7. The molecule has 2 aromatic carbocycles. The van der Waals surface area contributed by atoms with Gasteiger partial charge in [0.2, 0.25) is 6.29 Å². The summed E-state index contributed by atoms with van der Waals surface area (Å²) < 4.78 is 22.2. The van der Waals surface area contributed by atoms with Gasteiger partial charge in [0.1, 0.15) is 24.4 Å². The molecule has 11 nitrogen and oxygen atoms in total. The SMILES string of the molecule is COc1cc([C@H]2c3cc(O[C@@H]4O[C@H](CO)[C@@H](O)[C@H](O)[C@H]4O)c(OC)cc3C[C@@H](CO)[C@@H]2CO)ccc1O. The Morgan fingerprint density at radius 1 is 0.838 bits per heavy atom. The fourth-order valence-electron chi connectivity index (χ4n) is 5.33. The summed E-state index contributed by atoms with van der Waals surface area (Å²) in [5.41, 5.74) is 2.34. The number of aliphatic hydroxyl groups excluding tert-OH is 6. The van der Waals surface area contributed by atoms with Crippen molar-refractivity contribution in [3.05, 3.63) is 47.0 Å². The molecular formula is C26H34O11. The Balaban J connectivity index is 1.79. The Hall–Kier alpha value is -2.64. The van der Waals surface area contributed by atoms with Crippen molar-refractivity contribution in [2.75, 3.05) is 34.0 Å². The van der Waals surface area contributed by atoms with Crippen LogP contribution in [0.4, 0.5) is 0 Å². The number of benzene rings is 2. The third-order valence-corrected chi connectivity index (χ3v) is 7.38. The molecule has 2 aliphatic rings. The summed E-state index contributed by atoms with van der Waals surface area (Å²) in [6.07, 6.45) is -6.86. The molecule has 37 heavy (non-hydrogen) atoms. The molecule has 0 unspecified atom stereocenters. The molecule has 204 valence electrons. The lowest BCUT2D eigenvalue weighted by atomic mass is 9.67. The number of phenols is 1. The van der Waals surface area contributed by atoms with E-state index in [0.29, 0.717) is 12.2 Å². The molecule has 1 fully saturated rings. The molecule has 11 heteroatoms. The fraction of sp³-hybridized carbons (Fsp3) is 0.538. The van der Waals surface area contributed by atoms with Gasteiger partial charge >= 0.3 is 0 Å². The molecule has 0 radical (unpaired) electrons. The van der Waals surface area contributed by atoms with Gasteiger partial charge in [-0.15, -0.1) is 0 Å². The summed E-state index contributed by atoms with van der Waals surface area (Å²) in [6.45, 7) is -0.965. The highest BCUT2D eigenvalue weighted by Gasteiger charge is 2.45. The molecule has 4 rings (SSSR count). The van der Waals surface area contributed by atoms with E-state index in [1.165, 1.54) is 20.3 Å². The van der Waals surface area contributed by atoms with E-state index in [1.807, 2.05) is 0 Å². The second-order valence-electron chi connectivity index (χ2n) is 9.42. The van der Waals surface area contributed by atoms with Crippen molar-refractivity contribution in [3.8, 4) is 23.0 Å². The molecule has 1 aliphatic carbocycles. The van der Waals surface area contributed by atoms with Crippen LogP contribution in [0.5, 0.6) is 23.0 Å². The first-order chi connectivity index (χ1) is 17.8. The lowest BCUT2D eigenvalue weighted by Crippen LogP contribution is -2.60. The Labute approximate surface area is 214 Å². The molecule has 1 aliphatic heterocycles. The minimum Gasteiger partial charge on any atom is -0.504 e. The van der Waals surface area contributed by atoms with E-state index in [2.05, 4.69) is 0 Å². The normalized spacial score (nSPS) is 31.5. The van der Waals surface area contributed by atoms with Crippen LogP contribution >= 0.6 is 0 Å². The molecule has 0 bridgehead atoms. The van der Waals surface area contributed by atoms with Crippen LogP contribution in [0.1, 0.15) is 22.6 Å². The third-order valence-electron chi connectivity index (χ3n) is 7.38. The van der Waals surface area contributed by atoms with Crippen molar-refractivity contribution in [3.63, 3.8) is 0 Å². The number of ether oxygens (including phenoxy) is 4. The quantitative estimate of drug-likeness (QED) is 0.238. The van der Waals surface area contributed by atoms with Crippen molar-refractivity contribution in [2.24, 2.45) is 11.8 Å². The Morgan fingerprint density at radius 3 is 2.19 bits per heavy atom. The predicted molar refractivity (Wildman–Crippen MR) is 129 cm³/mol. The van der Waals surface area contributed by atoms with E-state index in [4.69, 9.17) is 18.9 Å². The zero-order valence-electron chi connectivity index (χ0n) is 20.6. The van der Waals surface area contributed by atoms with Crippen molar-refractivity contribution < 1.29 is 54.7 Å². The molecule has 0 amide bonds. The van der Waals surface area contributed by atoms with Gasteiger partial charge in [0.25, 0.3) is 0 Å². The fourth-order valence-corrected chi connectivity index (χ4v) is 5.33. The molecule has 7 N–H and O–H groups in total. The van der Waals surface area contributed by atoms with Crippen LogP contribution in [-0.4, -0.2) is 100 Å². The second-order valence-corrected chi connectivity index (χ2v) is 9.42. The topological polar surface area (TPSA) is 179 Å². The summed E-state index contributed by atoms with van der Waals surface area (Å²) in [6, 6.07) is 8.33. The van der Waals surface area contributed by atoms with Gasteiger partial charge in [-0.3, -0.25) is 0 Å². The largest absolute Gasteiger partial charge is 0.504 e. The predicted octanol–water partition coefficient (Wildman–Crippen LogP) is -0.507. The van der Waals surface area contributed by atoms with Crippen LogP contribution in [0.2, 0.25) is 0 Å². The summed E-state index contributed by atoms with van der Waals surface area (Å²) in [5.74, 6) is -0.374. The lowest BCUT2D eigenvalue weighted by Gasteiger charge is -2.41. The average molecular weight is 523 g/mol. The number of methoxy groups -OCH3 is 2. The number of aromatic hydroxyl groups is 1.